The summed E-state index contributed by atoms with van der Waals surface area (Å²) in [6.45, 7) is 0. The Morgan fingerprint density at radius 2 is 2.12 bits per heavy atom. The molecule has 0 bridgehead atoms. The van der Waals surface area contributed by atoms with Crippen molar-refractivity contribution in [3.05, 3.63) is 24.0 Å². The van der Waals surface area contributed by atoms with Gasteiger partial charge in [0.2, 0.25) is 5.13 Å². The van der Waals surface area contributed by atoms with E-state index in [1.165, 1.54) is 29.2 Å². The first-order valence-corrected chi connectivity index (χ1v) is 6.44. The molecule has 0 unspecified atom stereocenters. The van der Waals surface area contributed by atoms with Crippen LogP contribution in [0, 0.1) is 5.82 Å². The molecule has 0 radical (unpaired) electrons. The Morgan fingerprint density at radius 3 is 2.76 bits per heavy atom. The van der Waals surface area contributed by atoms with Crippen molar-refractivity contribution < 1.29 is 4.39 Å². The van der Waals surface area contributed by atoms with Crippen LogP contribution < -0.4 is 10.6 Å². The highest BCUT2D eigenvalue weighted by atomic mass is 32.2. The van der Waals surface area contributed by atoms with Crippen LogP contribution in [0.15, 0.2) is 27.4 Å². The average Bonchev–Trinajstić information content (AvgIpc) is 2.73. The molecule has 0 amide bonds. The summed E-state index contributed by atoms with van der Waals surface area (Å²) >= 11 is 2.76. The number of nitrogen functional groups attached to an aromatic ring is 1. The van der Waals surface area contributed by atoms with Gasteiger partial charge in [-0.1, -0.05) is 29.2 Å². The third-order valence-corrected chi connectivity index (χ3v) is 4.21. The van der Waals surface area contributed by atoms with Crippen molar-refractivity contribution in [1.29, 1.82) is 0 Å². The smallest absolute Gasteiger partial charge is 0.208 e. The molecule has 17 heavy (non-hydrogen) atoms. The molecule has 0 fully saturated rings. The van der Waals surface area contributed by atoms with Gasteiger partial charge in [-0.05, 0) is 12.1 Å². The largest absolute Gasteiger partial charge is 0.395 e. The summed E-state index contributed by atoms with van der Waals surface area (Å²) in [5.74, 6) is -0.410. The number of rotatable bonds is 3. The number of para-hydroxylation sites is 1. The number of aromatic nitrogens is 2. The van der Waals surface area contributed by atoms with Gasteiger partial charge in [-0.3, -0.25) is 0 Å². The third kappa shape index (κ3) is 2.67. The summed E-state index contributed by atoms with van der Waals surface area (Å²) in [4.78, 5) is 2.53. The molecule has 0 spiro atoms. The molecule has 4 nitrogen and oxygen atoms in total. The average molecular weight is 270 g/mol. The fraction of sp³-hybridized carbons (Fsp3) is 0.200. The fourth-order valence-corrected chi connectivity index (χ4v) is 2.91. The number of hydrogen-bond donors (Lipinski definition) is 1. The lowest BCUT2D eigenvalue weighted by atomic mass is 10.3. The molecule has 0 aliphatic rings. The lowest BCUT2D eigenvalue weighted by molar-refractivity contribution is 0.629. The van der Waals surface area contributed by atoms with Gasteiger partial charge in [0, 0.05) is 19.0 Å². The SMILES string of the molecule is CN(C)c1nnc(Sc2cccc(F)c2N)s1. The molecule has 1 heterocycles. The Kier molecular flexibility index (Phi) is 3.49. The number of hydrogen-bond acceptors (Lipinski definition) is 6. The van der Waals surface area contributed by atoms with Crippen LogP contribution in [0.2, 0.25) is 0 Å². The van der Waals surface area contributed by atoms with Crippen molar-refractivity contribution in [2.75, 3.05) is 24.7 Å². The van der Waals surface area contributed by atoms with Gasteiger partial charge >= 0.3 is 0 Å². The Bertz CT molecular complexity index is 527. The highest BCUT2D eigenvalue weighted by Crippen LogP contribution is 2.36. The summed E-state index contributed by atoms with van der Waals surface area (Å²) < 4.78 is 14.0. The fourth-order valence-electron chi connectivity index (χ4n) is 1.12. The monoisotopic (exact) mass is 270 g/mol. The van der Waals surface area contributed by atoms with Gasteiger partial charge in [0.25, 0.3) is 0 Å². The van der Waals surface area contributed by atoms with E-state index in [-0.39, 0.29) is 5.69 Å². The quantitative estimate of drug-likeness (QED) is 0.868. The maximum Gasteiger partial charge on any atom is 0.208 e. The molecule has 1 aromatic heterocycles. The molecule has 0 atom stereocenters. The van der Waals surface area contributed by atoms with E-state index in [2.05, 4.69) is 10.2 Å². The van der Waals surface area contributed by atoms with Crippen LogP contribution in [-0.2, 0) is 0 Å². The van der Waals surface area contributed by atoms with E-state index in [1.807, 2.05) is 19.0 Å². The molecule has 2 rings (SSSR count). The molecule has 7 heteroatoms. The Balaban J connectivity index is 2.22. The zero-order valence-electron chi connectivity index (χ0n) is 9.35. The standard InChI is InChI=1S/C10H11FN4S2/c1-15(2)9-13-14-10(17-9)16-7-5-3-4-6(11)8(7)12/h3-5H,12H2,1-2H3. The van der Waals surface area contributed by atoms with Crippen LogP contribution in [0.3, 0.4) is 0 Å². The van der Waals surface area contributed by atoms with Crippen molar-refractivity contribution >= 4 is 33.9 Å². The van der Waals surface area contributed by atoms with Crippen LogP contribution in [0.25, 0.3) is 0 Å². The van der Waals surface area contributed by atoms with Gasteiger partial charge in [0.1, 0.15) is 5.82 Å². The van der Waals surface area contributed by atoms with Crippen LogP contribution in [0.1, 0.15) is 0 Å². The van der Waals surface area contributed by atoms with Crippen LogP contribution in [-0.4, -0.2) is 24.3 Å². The lowest BCUT2D eigenvalue weighted by Crippen LogP contribution is -2.07. The van der Waals surface area contributed by atoms with Gasteiger partial charge in [0.05, 0.1) is 5.69 Å². The van der Waals surface area contributed by atoms with Crippen LogP contribution in [0.5, 0.6) is 0 Å². The third-order valence-electron chi connectivity index (χ3n) is 1.99. The summed E-state index contributed by atoms with van der Waals surface area (Å²) in [5, 5.41) is 8.83. The van der Waals surface area contributed by atoms with E-state index in [9.17, 15) is 4.39 Å². The Hall–Kier alpha value is -1.34. The minimum Gasteiger partial charge on any atom is -0.395 e. The summed E-state index contributed by atoms with van der Waals surface area (Å²) in [6, 6.07) is 4.73. The maximum atomic E-state index is 13.2. The topological polar surface area (TPSA) is 55.0 Å². The molecule has 2 aromatic rings. The first-order valence-electron chi connectivity index (χ1n) is 4.80. The number of nitrogens with two attached hydrogens (primary N) is 1. The molecule has 0 saturated carbocycles. The molecule has 0 aliphatic heterocycles. The number of benzene rings is 1. The van der Waals surface area contributed by atoms with Crippen LogP contribution in [0.4, 0.5) is 15.2 Å². The van der Waals surface area contributed by atoms with E-state index in [0.29, 0.717) is 4.90 Å². The first-order chi connectivity index (χ1) is 8.08. The Morgan fingerprint density at radius 1 is 1.35 bits per heavy atom. The van der Waals surface area contributed by atoms with E-state index in [1.54, 1.807) is 12.1 Å². The highest BCUT2D eigenvalue weighted by Gasteiger charge is 2.10. The first kappa shape index (κ1) is 12.1. The van der Waals surface area contributed by atoms with Crippen molar-refractivity contribution in [1.82, 2.24) is 10.2 Å². The summed E-state index contributed by atoms with van der Waals surface area (Å²) in [7, 11) is 3.79. The summed E-state index contributed by atoms with van der Waals surface area (Å²) in [5.41, 5.74) is 5.80. The number of anilines is 2. The van der Waals surface area contributed by atoms with Crippen LogP contribution >= 0.6 is 23.1 Å². The zero-order valence-corrected chi connectivity index (χ0v) is 11.0. The van der Waals surface area contributed by atoms with Crippen molar-refractivity contribution in [3.63, 3.8) is 0 Å². The number of halogens is 1. The second kappa shape index (κ2) is 4.89. The minimum absolute atomic E-state index is 0.152. The normalized spacial score (nSPS) is 10.5. The molecule has 0 aliphatic carbocycles. The van der Waals surface area contributed by atoms with E-state index >= 15 is 0 Å². The van der Waals surface area contributed by atoms with Gasteiger partial charge in [0.15, 0.2) is 4.34 Å². The molecule has 1 aromatic carbocycles. The second-order valence-electron chi connectivity index (χ2n) is 3.50. The molecular weight excluding hydrogens is 259 g/mol. The molecule has 0 saturated heterocycles. The van der Waals surface area contributed by atoms with E-state index in [4.69, 9.17) is 5.73 Å². The van der Waals surface area contributed by atoms with Crippen molar-refractivity contribution in [3.8, 4) is 0 Å². The highest BCUT2D eigenvalue weighted by molar-refractivity contribution is 8.01. The van der Waals surface area contributed by atoms with Gasteiger partial charge in [-0.25, -0.2) is 4.39 Å². The van der Waals surface area contributed by atoms with E-state index < -0.39 is 5.82 Å². The molecule has 2 N–H and O–H groups in total. The van der Waals surface area contributed by atoms with Gasteiger partial charge in [-0.15, -0.1) is 10.2 Å². The van der Waals surface area contributed by atoms with E-state index in [0.717, 1.165) is 9.47 Å². The van der Waals surface area contributed by atoms with Crippen molar-refractivity contribution in [2.24, 2.45) is 0 Å². The predicted molar refractivity (Wildman–Crippen MR) is 69.2 cm³/mol. The minimum atomic E-state index is -0.410. The predicted octanol–water partition coefficient (Wildman–Crippen LogP) is 2.48. The second-order valence-corrected chi connectivity index (χ2v) is 5.74. The zero-order chi connectivity index (χ0) is 12.4. The number of nitrogens with zero attached hydrogens (tertiary/aromatic N) is 3. The molecular formula is C10H11FN4S2. The lowest BCUT2D eigenvalue weighted by Gasteiger charge is -2.04. The van der Waals surface area contributed by atoms with Crippen molar-refractivity contribution in [2.45, 2.75) is 9.24 Å². The van der Waals surface area contributed by atoms with Gasteiger partial charge in [-0.2, -0.15) is 0 Å². The molecule has 90 valence electrons. The summed E-state index contributed by atoms with van der Waals surface area (Å²) in [6.07, 6.45) is 0. The Labute approximate surface area is 107 Å². The maximum absolute atomic E-state index is 13.2. The van der Waals surface area contributed by atoms with Gasteiger partial charge < -0.3 is 10.6 Å².